The molecule has 31 heavy (non-hydrogen) atoms. The third-order valence-electron chi connectivity index (χ3n) is 5.44. The fraction of sp³-hybridized carbons (Fsp3) is 0.120. The molecule has 0 radical (unpaired) electrons. The Kier molecular flexibility index (Phi) is 4.75. The maximum Gasteiger partial charge on any atom is 0.228 e. The average molecular weight is 412 g/mol. The van der Waals surface area contributed by atoms with Crippen molar-refractivity contribution < 1.29 is 9.18 Å². The molecule has 0 unspecified atom stereocenters. The van der Waals surface area contributed by atoms with Crippen LogP contribution in [-0.2, 0) is 4.79 Å². The molecule has 1 amide bonds. The predicted octanol–water partition coefficient (Wildman–Crippen LogP) is 5.80. The van der Waals surface area contributed by atoms with Crippen molar-refractivity contribution in [2.24, 2.45) is 5.92 Å². The molecular weight excluding hydrogens is 391 g/mol. The van der Waals surface area contributed by atoms with E-state index in [9.17, 15) is 9.18 Å². The highest BCUT2D eigenvalue weighted by Gasteiger charge is 2.29. The molecule has 2 heterocycles. The number of fused-ring (bicyclic) bond motifs is 1. The molecule has 2 aromatic heterocycles. The third kappa shape index (κ3) is 3.92. The number of amides is 1. The van der Waals surface area contributed by atoms with Crippen LogP contribution in [0.15, 0.2) is 73.6 Å². The highest BCUT2D eigenvalue weighted by Crippen LogP contribution is 2.34. The first kappa shape index (κ1) is 19.1. The van der Waals surface area contributed by atoms with Gasteiger partial charge in [-0.15, -0.1) is 0 Å². The van der Waals surface area contributed by atoms with E-state index >= 15 is 0 Å². The van der Waals surface area contributed by atoms with Crippen molar-refractivity contribution >= 4 is 34.0 Å². The minimum Gasteiger partial charge on any atom is -0.359 e. The van der Waals surface area contributed by atoms with E-state index in [4.69, 9.17) is 0 Å². The summed E-state index contributed by atoms with van der Waals surface area (Å²) in [6.07, 6.45) is 5.53. The number of nitrogens with zero attached hydrogens (tertiary/aromatic N) is 1. The van der Waals surface area contributed by atoms with Crippen molar-refractivity contribution in [3.8, 4) is 11.1 Å². The third-order valence-corrected chi connectivity index (χ3v) is 5.44. The van der Waals surface area contributed by atoms with Crippen LogP contribution in [0.4, 0.5) is 15.9 Å². The number of anilines is 2. The number of hydrogen-bond acceptors (Lipinski definition) is 3. The van der Waals surface area contributed by atoms with Crippen molar-refractivity contribution in [3.63, 3.8) is 0 Å². The number of rotatable bonds is 6. The number of benzene rings is 2. The van der Waals surface area contributed by atoms with Crippen molar-refractivity contribution in [2.45, 2.75) is 12.8 Å². The lowest BCUT2D eigenvalue weighted by molar-refractivity contribution is -0.117. The van der Waals surface area contributed by atoms with Gasteiger partial charge in [0.1, 0.15) is 11.6 Å². The molecule has 1 saturated carbocycles. The number of nitrogens with one attached hydrogen (secondary N) is 3. The zero-order valence-corrected chi connectivity index (χ0v) is 16.8. The van der Waals surface area contributed by atoms with Gasteiger partial charge >= 0.3 is 0 Å². The van der Waals surface area contributed by atoms with E-state index in [0.717, 1.165) is 40.6 Å². The van der Waals surface area contributed by atoms with Crippen molar-refractivity contribution in [3.05, 3.63) is 85.0 Å². The molecule has 2 aromatic carbocycles. The van der Waals surface area contributed by atoms with E-state index in [0.29, 0.717) is 17.1 Å². The number of pyridine rings is 1. The molecule has 1 fully saturated rings. The van der Waals surface area contributed by atoms with Crippen LogP contribution >= 0.6 is 0 Å². The average Bonchev–Trinajstić information content (AvgIpc) is 3.53. The fourth-order valence-electron chi connectivity index (χ4n) is 3.65. The second-order valence-corrected chi connectivity index (χ2v) is 7.74. The van der Waals surface area contributed by atoms with Crippen LogP contribution in [0, 0.1) is 11.7 Å². The summed E-state index contributed by atoms with van der Waals surface area (Å²) in [5.74, 6) is 0.407. The lowest BCUT2D eigenvalue weighted by Gasteiger charge is -2.11. The Morgan fingerprint density at radius 1 is 1.10 bits per heavy atom. The van der Waals surface area contributed by atoms with Gasteiger partial charge in [0.2, 0.25) is 5.91 Å². The summed E-state index contributed by atoms with van der Waals surface area (Å²) in [4.78, 5) is 19.7. The van der Waals surface area contributed by atoms with Gasteiger partial charge in [0.05, 0.1) is 11.2 Å². The van der Waals surface area contributed by atoms with Gasteiger partial charge in [0, 0.05) is 40.5 Å². The minimum absolute atomic E-state index is 0.0333. The number of carbonyl (C=O) groups is 1. The number of para-hydroxylation sites is 1. The van der Waals surface area contributed by atoms with Crippen LogP contribution in [0.1, 0.15) is 18.4 Å². The molecule has 5 rings (SSSR count). The summed E-state index contributed by atoms with van der Waals surface area (Å²) < 4.78 is 13.6. The first-order valence-corrected chi connectivity index (χ1v) is 10.2. The molecule has 1 aliphatic rings. The van der Waals surface area contributed by atoms with Crippen molar-refractivity contribution in [1.82, 2.24) is 9.97 Å². The van der Waals surface area contributed by atoms with E-state index in [-0.39, 0.29) is 17.6 Å². The lowest BCUT2D eigenvalue weighted by Crippen LogP contribution is -2.14. The second kappa shape index (κ2) is 7.72. The molecule has 5 nitrogen and oxygen atoms in total. The quantitative estimate of drug-likeness (QED) is 0.375. The van der Waals surface area contributed by atoms with Crippen molar-refractivity contribution in [2.75, 3.05) is 10.6 Å². The van der Waals surface area contributed by atoms with Gasteiger partial charge in [0.15, 0.2) is 0 Å². The van der Waals surface area contributed by atoms with Crippen LogP contribution in [0.25, 0.3) is 27.7 Å². The number of halogens is 1. The summed E-state index contributed by atoms with van der Waals surface area (Å²) in [6.45, 7) is 4.05. The summed E-state index contributed by atoms with van der Waals surface area (Å²) in [5.41, 5.74) is 5.00. The van der Waals surface area contributed by atoms with Crippen LogP contribution in [0.5, 0.6) is 0 Å². The SMILES string of the molecule is C=C(Nc1cccc2c(-c3ccnc(NC(=O)C4CC4)c3)c[nH]c12)c1cccc(F)c1. The van der Waals surface area contributed by atoms with Crippen LogP contribution in [-0.4, -0.2) is 15.9 Å². The Bertz CT molecular complexity index is 1310. The molecule has 6 heteroatoms. The van der Waals surface area contributed by atoms with Crippen LogP contribution < -0.4 is 10.6 Å². The largest absolute Gasteiger partial charge is 0.359 e. The topological polar surface area (TPSA) is 69.8 Å². The molecule has 0 bridgehead atoms. The number of carbonyl (C=O) groups excluding carboxylic acids is 1. The molecule has 0 atom stereocenters. The van der Waals surface area contributed by atoms with Gasteiger partial charge in [-0.1, -0.05) is 30.8 Å². The number of aromatic amines is 1. The molecule has 154 valence electrons. The summed E-state index contributed by atoms with van der Waals surface area (Å²) in [6, 6.07) is 16.1. The molecular formula is C25H21FN4O. The molecule has 0 spiro atoms. The van der Waals surface area contributed by atoms with Crippen LogP contribution in [0.2, 0.25) is 0 Å². The summed E-state index contributed by atoms with van der Waals surface area (Å²) in [5, 5.41) is 7.20. The van der Waals surface area contributed by atoms with E-state index < -0.39 is 0 Å². The Hall–Kier alpha value is -3.93. The zero-order chi connectivity index (χ0) is 21.4. The summed E-state index contributed by atoms with van der Waals surface area (Å²) >= 11 is 0. The van der Waals surface area contributed by atoms with Gasteiger partial charge < -0.3 is 15.6 Å². The first-order chi connectivity index (χ1) is 15.1. The zero-order valence-electron chi connectivity index (χ0n) is 16.8. The number of H-pyrrole nitrogens is 1. The Morgan fingerprint density at radius 2 is 1.94 bits per heavy atom. The van der Waals surface area contributed by atoms with E-state index in [2.05, 4.69) is 27.2 Å². The first-order valence-electron chi connectivity index (χ1n) is 10.2. The number of hydrogen-bond donors (Lipinski definition) is 3. The molecule has 0 aliphatic heterocycles. The predicted molar refractivity (Wildman–Crippen MR) is 122 cm³/mol. The summed E-state index contributed by atoms with van der Waals surface area (Å²) in [7, 11) is 0. The minimum atomic E-state index is -0.303. The van der Waals surface area contributed by atoms with Gasteiger partial charge in [0.25, 0.3) is 0 Å². The fourth-order valence-corrected chi connectivity index (χ4v) is 3.65. The van der Waals surface area contributed by atoms with Gasteiger partial charge in [-0.25, -0.2) is 9.37 Å². The Morgan fingerprint density at radius 3 is 2.74 bits per heavy atom. The number of aromatic nitrogens is 2. The van der Waals surface area contributed by atoms with Crippen molar-refractivity contribution in [1.29, 1.82) is 0 Å². The standard InChI is InChI=1S/C25H21FN4O/c1-15(17-4-2-5-19(26)12-17)29-22-7-3-6-20-21(14-28-24(20)22)18-10-11-27-23(13-18)30-25(31)16-8-9-16/h2-7,10-14,16,28-29H,1,8-9H2,(H,27,30,31). The molecule has 0 saturated heterocycles. The van der Waals surface area contributed by atoms with E-state index in [1.807, 2.05) is 42.6 Å². The second-order valence-electron chi connectivity index (χ2n) is 7.74. The Labute approximate surface area is 179 Å². The lowest BCUT2D eigenvalue weighted by atomic mass is 10.0. The van der Waals surface area contributed by atoms with Crippen LogP contribution in [0.3, 0.4) is 0 Å². The molecule has 4 aromatic rings. The highest BCUT2D eigenvalue weighted by atomic mass is 19.1. The molecule has 3 N–H and O–H groups in total. The van der Waals surface area contributed by atoms with Gasteiger partial charge in [-0.05, 0) is 48.7 Å². The highest BCUT2D eigenvalue weighted by molar-refractivity contribution is 6.03. The Balaban J connectivity index is 1.44. The maximum absolute atomic E-state index is 13.6. The smallest absolute Gasteiger partial charge is 0.228 e. The molecule has 1 aliphatic carbocycles. The van der Waals surface area contributed by atoms with E-state index in [1.165, 1.54) is 12.1 Å². The normalized spacial score (nSPS) is 13.2. The maximum atomic E-state index is 13.6. The van der Waals surface area contributed by atoms with E-state index in [1.54, 1.807) is 12.3 Å². The van der Waals surface area contributed by atoms with Gasteiger partial charge in [-0.2, -0.15) is 0 Å². The van der Waals surface area contributed by atoms with Gasteiger partial charge in [-0.3, -0.25) is 4.79 Å². The monoisotopic (exact) mass is 412 g/mol.